The first kappa shape index (κ1) is 19.8. The van der Waals surface area contributed by atoms with Crippen molar-refractivity contribution >= 4 is 23.4 Å². The largest absolute Gasteiger partial charge is 0.497 e. The molecule has 0 spiro atoms. The second-order valence-electron chi connectivity index (χ2n) is 6.03. The maximum Gasteiger partial charge on any atom is 0.337 e. The highest BCUT2D eigenvalue weighted by Gasteiger charge is 2.10. The van der Waals surface area contributed by atoms with Gasteiger partial charge in [-0.15, -0.1) is 10.2 Å². The SMILES string of the molecule is COC(=O)c1ccc(NC(=O)c2ccc(NCc3ccc(OC)cc3)nn2)cc1. The predicted molar refractivity (Wildman–Crippen MR) is 108 cm³/mol. The van der Waals surface area contributed by atoms with E-state index in [0.717, 1.165) is 11.3 Å². The number of benzene rings is 2. The summed E-state index contributed by atoms with van der Waals surface area (Å²) in [6, 6.07) is 17.3. The van der Waals surface area contributed by atoms with Crippen LogP contribution in [0, 0.1) is 0 Å². The Hall–Kier alpha value is -3.94. The predicted octanol–water partition coefficient (Wildman–Crippen LogP) is 3.14. The van der Waals surface area contributed by atoms with E-state index in [4.69, 9.17) is 4.74 Å². The van der Waals surface area contributed by atoms with Crippen LogP contribution in [0.1, 0.15) is 26.4 Å². The minimum absolute atomic E-state index is 0.178. The van der Waals surface area contributed by atoms with Gasteiger partial charge >= 0.3 is 5.97 Å². The van der Waals surface area contributed by atoms with Gasteiger partial charge in [-0.2, -0.15) is 0 Å². The zero-order valence-electron chi connectivity index (χ0n) is 16.0. The molecule has 148 valence electrons. The summed E-state index contributed by atoms with van der Waals surface area (Å²) < 4.78 is 9.77. The van der Waals surface area contributed by atoms with E-state index in [-0.39, 0.29) is 5.69 Å². The zero-order valence-corrected chi connectivity index (χ0v) is 16.0. The molecule has 3 aromatic rings. The van der Waals surface area contributed by atoms with Gasteiger partial charge in [-0.05, 0) is 54.1 Å². The van der Waals surface area contributed by atoms with Crippen molar-refractivity contribution in [2.75, 3.05) is 24.9 Å². The molecule has 8 nitrogen and oxygen atoms in total. The molecular weight excluding hydrogens is 372 g/mol. The van der Waals surface area contributed by atoms with Gasteiger partial charge in [0, 0.05) is 12.2 Å². The van der Waals surface area contributed by atoms with Crippen LogP contribution in [0.25, 0.3) is 0 Å². The Morgan fingerprint density at radius 1 is 0.897 bits per heavy atom. The summed E-state index contributed by atoms with van der Waals surface area (Å²) in [6.45, 7) is 0.566. The number of rotatable bonds is 7. The van der Waals surface area contributed by atoms with E-state index < -0.39 is 11.9 Å². The number of esters is 1. The minimum atomic E-state index is -0.438. The molecule has 0 aliphatic heterocycles. The molecule has 0 fully saturated rings. The Labute approximate surface area is 167 Å². The lowest BCUT2D eigenvalue weighted by Gasteiger charge is -2.08. The number of carbonyl (C=O) groups excluding carboxylic acids is 2. The van der Waals surface area contributed by atoms with Crippen molar-refractivity contribution in [1.29, 1.82) is 0 Å². The smallest absolute Gasteiger partial charge is 0.337 e. The van der Waals surface area contributed by atoms with Gasteiger partial charge in [-0.1, -0.05) is 12.1 Å². The van der Waals surface area contributed by atoms with E-state index in [9.17, 15) is 9.59 Å². The Bertz CT molecular complexity index is 971. The number of methoxy groups -OCH3 is 2. The Morgan fingerprint density at radius 3 is 2.21 bits per heavy atom. The van der Waals surface area contributed by atoms with Gasteiger partial charge < -0.3 is 20.1 Å². The average molecular weight is 392 g/mol. The highest BCUT2D eigenvalue weighted by atomic mass is 16.5. The van der Waals surface area contributed by atoms with Crippen molar-refractivity contribution in [3.05, 3.63) is 77.5 Å². The average Bonchev–Trinajstić information content (AvgIpc) is 2.78. The molecular formula is C21H20N4O4. The van der Waals surface area contributed by atoms with Crippen molar-refractivity contribution in [1.82, 2.24) is 10.2 Å². The van der Waals surface area contributed by atoms with Gasteiger partial charge in [-0.25, -0.2) is 4.79 Å². The molecule has 29 heavy (non-hydrogen) atoms. The van der Waals surface area contributed by atoms with Crippen LogP contribution >= 0.6 is 0 Å². The minimum Gasteiger partial charge on any atom is -0.497 e. The molecule has 0 unspecified atom stereocenters. The quantitative estimate of drug-likeness (QED) is 0.596. The number of aromatic nitrogens is 2. The highest BCUT2D eigenvalue weighted by Crippen LogP contribution is 2.14. The van der Waals surface area contributed by atoms with E-state index in [2.05, 4.69) is 25.6 Å². The fraction of sp³-hybridized carbons (Fsp3) is 0.143. The lowest BCUT2D eigenvalue weighted by Crippen LogP contribution is -2.15. The first-order chi connectivity index (χ1) is 14.1. The van der Waals surface area contributed by atoms with Gasteiger partial charge in [-0.3, -0.25) is 4.79 Å². The maximum absolute atomic E-state index is 12.3. The van der Waals surface area contributed by atoms with Crippen LogP contribution < -0.4 is 15.4 Å². The first-order valence-electron chi connectivity index (χ1n) is 8.79. The van der Waals surface area contributed by atoms with E-state index in [1.807, 2.05) is 24.3 Å². The molecule has 0 aliphatic carbocycles. The summed E-state index contributed by atoms with van der Waals surface area (Å²) in [5.41, 5.74) is 2.17. The van der Waals surface area contributed by atoms with Gasteiger partial charge in [0.05, 0.1) is 19.8 Å². The Morgan fingerprint density at radius 2 is 1.62 bits per heavy atom. The van der Waals surface area contributed by atoms with Gasteiger partial charge in [0.1, 0.15) is 11.6 Å². The summed E-state index contributed by atoms with van der Waals surface area (Å²) in [4.78, 5) is 23.7. The standard InChI is InChI=1S/C21H20N4O4/c1-28-17-9-3-14(4-10-17)13-22-19-12-11-18(24-25-19)20(26)23-16-7-5-15(6-8-16)21(27)29-2/h3-12H,13H2,1-2H3,(H,22,25)(H,23,26). The maximum atomic E-state index is 12.3. The van der Waals surface area contributed by atoms with Crippen molar-refractivity contribution in [3.63, 3.8) is 0 Å². The fourth-order valence-corrected chi connectivity index (χ4v) is 2.49. The molecule has 8 heteroatoms. The normalized spacial score (nSPS) is 10.1. The summed E-state index contributed by atoms with van der Waals surface area (Å²) in [6.07, 6.45) is 0. The molecule has 2 aromatic carbocycles. The van der Waals surface area contributed by atoms with Crippen molar-refractivity contribution < 1.29 is 19.1 Å². The number of hydrogen-bond donors (Lipinski definition) is 2. The van der Waals surface area contributed by atoms with E-state index in [1.54, 1.807) is 43.5 Å². The summed E-state index contributed by atoms with van der Waals surface area (Å²) in [7, 11) is 2.93. The fourth-order valence-electron chi connectivity index (χ4n) is 2.49. The molecule has 0 saturated carbocycles. The summed E-state index contributed by atoms with van der Waals surface area (Å²) in [5.74, 6) is 0.514. The monoisotopic (exact) mass is 392 g/mol. The van der Waals surface area contributed by atoms with E-state index >= 15 is 0 Å². The van der Waals surface area contributed by atoms with Crippen LogP contribution in [0.4, 0.5) is 11.5 Å². The second kappa shape index (κ2) is 9.32. The highest BCUT2D eigenvalue weighted by molar-refractivity contribution is 6.03. The van der Waals surface area contributed by atoms with Crippen molar-refractivity contribution in [3.8, 4) is 5.75 Å². The lowest BCUT2D eigenvalue weighted by molar-refractivity contribution is 0.0600. The number of hydrogen-bond acceptors (Lipinski definition) is 7. The molecule has 2 N–H and O–H groups in total. The summed E-state index contributed by atoms with van der Waals surface area (Å²) >= 11 is 0. The molecule has 3 rings (SSSR count). The zero-order chi connectivity index (χ0) is 20.6. The number of amides is 1. The Balaban J connectivity index is 1.56. The van der Waals surface area contributed by atoms with Crippen LogP contribution in [-0.2, 0) is 11.3 Å². The van der Waals surface area contributed by atoms with E-state index in [1.165, 1.54) is 7.11 Å². The topological polar surface area (TPSA) is 102 Å². The third-order valence-corrected chi connectivity index (χ3v) is 4.09. The third-order valence-electron chi connectivity index (χ3n) is 4.09. The molecule has 0 saturated heterocycles. The molecule has 1 aromatic heterocycles. The van der Waals surface area contributed by atoms with Crippen LogP contribution in [0.15, 0.2) is 60.7 Å². The van der Waals surface area contributed by atoms with Crippen LogP contribution in [-0.4, -0.2) is 36.3 Å². The van der Waals surface area contributed by atoms with E-state index in [0.29, 0.717) is 23.6 Å². The Kier molecular flexibility index (Phi) is 6.36. The number of nitrogens with zero attached hydrogens (tertiary/aromatic N) is 2. The van der Waals surface area contributed by atoms with Crippen molar-refractivity contribution in [2.24, 2.45) is 0 Å². The van der Waals surface area contributed by atoms with Crippen LogP contribution in [0.3, 0.4) is 0 Å². The second-order valence-corrected chi connectivity index (χ2v) is 6.03. The number of carbonyl (C=O) groups is 2. The molecule has 1 amide bonds. The first-order valence-corrected chi connectivity index (χ1v) is 8.79. The number of anilines is 2. The molecule has 0 aliphatic rings. The molecule has 1 heterocycles. The molecule has 0 bridgehead atoms. The number of nitrogens with one attached hydrogen (secondary N) is 2. The van der Waals surface area contributed by atoms with Crippen molar-refractivity contribution in [2.45, 2.75) is 6.54 Å². The van der Waals surface area contributed by atoms with Gasteiger partial charge in [0.2, 0.25) is 0 Å². The molecule has 0 atom stereocenters. The lowest BCUT2D eigenvalue weighted by atomic mass is 10.2. The third kappa shape index (κ3) is 5.29. The summed E-state index contributed by atoms with van der Waals surface area (Å²) in [5, 5.41) is 13.8. The molecule has 0 radical (unpaired) electrons. The van der Waals surface area contributed by atoms with Gasteiger partial charge in [0.15, 0.2) is 5.69 Å². The van der Waals surface area contributed by atoms with Gasteiger partial charge in [0.25, 0.3) is 5.91 Å². The van der Waals surface area contributed by atoms with Crippen LogP contribution in [0.5, 0.6) is 5.75 Å². The van der Waals surface area contributed by atoms with Crippen LogP contribution in [0.2, 0.25) is 0 Å². The number of ether oxygens (including phenoxy) is 2.